The van der Waals surface area contributed by atoms with Crippen molar-refractivity contribution < 1.29 is 23.4 Å². The van der Waals surface area contributed by atoms with Crippen LogP contribution in [0.3, 0.4) is 0 Å². The molecule has 1 fully saturated rings. The molecular formula is C31H34FN3O4. The zero-order valence-electron chi connectivity index (χ0n) is 22.6. The second-order valence-electron chi connectivity index (χ2n) is 9.96. The number of benzene rings is 2. The zero-order chi connectivity index (χ0) is 27.4. The van der Waals surface area contributed by atoms with Gasteiger partial charge in [-0.25, -0.2) is 9.37 Å². The maximum atomic E-state index is 14.4. The largest absolute Gasteiger partial charge is 0.494 e. The van der Waals surface area contributed by atoms with Crippen molar-refractivity contribution in [1.82, 2.24) is 9.38 Å². The molecule has 7 nitrogen and oxygen atoms in total. The molecule has 0 amide bonds. The number of ketones is 1. The number of fused-ring (bicyclic) bond motifs is 1. The van der Waals surface area contributed by atoms with E-state index in [0.29, 0.717) is 23.8 Å². The minimum absolute atomic E-state index is 0.154. The van der Waals surface area contributed by atoms with Gasteiger partial charge in [-0.2, -0.15) is 0 Å². The Kier molecular flexibility index (Phi) is 8.12. The number of halogens is 1. The molecule has 39 heavy (non-hydrogen) atoms. The van der Waals surface area contributed by atoms with Crippen LogP contribution in [0.2, 0.25) is 0 Å². The van der Waals surface area contributed by atoms with Crippen molar-refractivity contribution in [3.05, 3.63) is 71.8 Å². The molecule has 2 aromatic heterocycles. The molecule has 0 unspecified atom stereocenters. The number of imidazole rings is 1. The number of aryl methyl sites for hydroxylation is 1. The molecule has 0 saturated carbocycles. The Morgan fingerprint density at radius 1 is 1.15 bits per heavy atom. The lowest BCUT2D eigenvalue weighted by molar-refractivity contribution is 0.0699. The van der Waals surface area contributed by atoms with Gasteiger partial charge in [-0.3, -0.25) is 9.20 Å². The first kappa shape index (κ1) is 26.7. The number of hydrogen-bond acceptors (Lipinski definition) is 6. The number of carbonyl (C=O) groups is 1. The van der Waals surface area contributed by atoms with Crippen LogP contribution in [-0.2, 0) is 4.74 Å². The van der Waals surface area contributed by atoms with Crippen molar-refractivity contribution >= 4 is 17.1 Å². The number of ether oxygens (including phenoxy) is 3. The van der Waals surface area contributed by atoms with Crippen molar-refractivity contribution in [2.45, 2.75) is 39.5 Å². The number of hydrogen-bond donors (Lipinski definition) is 1. The Morgan fingerprint density at radius 3 is 2.69 bits per heavy atom. The Labute approximate surface area is 227 Å². The summed E-state index contributed by atoms with van der Waals surface area (Å²) < 4.78 is 33.0. The smallest absolute Gasteiger partial charge is 0.168 e. The number of nitrogens with one attached hydrogen (secondary N) is 1. The molecule has 0 bridgehead atoms. The van der Waals surface area contributed by atoms with Crippen LogP contribution in [0.25, 0.3) is 16.9 Å². The van der Waals surface area contributed by atoms with E-state index in [4.69, 9.17) is 19.2 Å². The summed E-state index contributed by atoms with van der Waals surface area (Å²) in [4.78, 5) is 17.3. The quantitative estimate of drug-likeness (QED) is 0.221. The third-order valence-corrected chi connectivity index (χ3v) is 7.16. The van der Waals surface area contributed by atoms with Gasteiger partial charge in [-0.15, -0.1) is 0 Å². The molecule has 1 aliphatic heterocycles. The third-order valence-electron chi connectivity index (χ3n) is 7.16. The third kappa shape index (κ3) is 5.91. The van der Waals surface area contributed by atoms with Gasteiger partial charge in [-0.1, -0.05) is 19.1 Å². The first-order chi connectivity index (χ1) is 19.0. The number of pyridine rings is 1. The number of methoxy groups -OCH3 is 1. The van der Waals surface area contributed by atoms with E-state index in [0.717, 1.165) is 72.7 Å². The number of anilines is 1. The van der Waals surface area contributed by atoms with Gasteiger partial charge in [-0.05, 0) is 55.9 Å². The van der Waals surface area contributed by atoms with Crippen LogP contribution in [0, 0.1) is 18.7 Å². The van der Waals surface area contributed by atoms with Crippen LogP contribution >= 0.6 is 0 Å². The summed E-state index contributed by atoms with van der Waals surface area (Å²) in [6.07, 6.45) is 7.04. The number of carbonyl (C=O) groups excluding carboxylic acids is 1. The van der Waals surface area contributed by atoms with Crippen molar-refractivity contribution in [3.8, 4) is 28.5 Å². The standard InChI is InChI=1S/C31H34FN3O4/c1-4-5-29(36)25-8-6-22(14-20(25)2)28-18-34-31-27(33-17-21-10-12-38-13-11-21)16-24(19-35(28)31)39-23-7-9-30(37-3)26(32)15-23/h6-9,14-16,18-19,21,33H,4-5,10-13,17H2,1-3H3. The molecule has 0 spiro atoms. The van der Waals surface area contributed by atoms with E-state index in [1.807, 2.05) is 54.9 Å². The lowest BCUT2D eigenvalue weighted by Crippen LogP contribution is -2.22. The topological polar surface area (TPSA) is 74.1 Å². The molecule has 204 valence electrons. The number of Topliss-reactive ketones (excluding diaryl/α,β-unsaturated/α-hetero) is 1. The maximum absolute atomic E-state index is 14.4. The molecule has 1 aliphatic rings. The Morgan fingerprint density at radius 2 is 1.97 bits per heavy atom. The van der Waals surface area contributed by atoms with Crippen LogP contribution in [0.5, 0.6) is 17.2 Å². The van der Waals surface area contributed by atoms with E-state index in [9.17, 15) is 9.18 Å². The predicted molar refractivity (Wildman–Crippen MR) is 150 cm³/mol. The summed E-state index contributed by atoms with van der Waals surface area (Å²) in [5.41, 5.74) is 5.07. The van der Waals surface area contributed by atoms with Crippen LogP contribution < -0.4 is 14.8 Å². The predicted octanol–water partition coefficient (Wildman–Crippen LogP) is 7.07. The van der Waals surface area contributed by atoms with Gasteiger partial charge in [0.2, 0.25) is 0 Å². The second kappa shape index (κ2) is 11.9. The molecule has 2 aromatic carbocycles. The van der Waals surface area contributed by atoms with Gasteiger partial charge in [0.15, 0.2) is 23.0 Å². The summed E-state index contributed by atoms with van der Waals surface area (Å²) in [5.74, 6) is 1.22. The zero-order valence-corrected chi connectivity index (χ0v) is 22.6. The van der Waals surface area contributed by atoms with Crippen LogP contribution in [-0.4, -0.2) is 42.0 Å². The molecule has 1 N–H and O–H groups in total. The molecule has 8 heteroatoms. The molecule has 5 rings (SSSR count). The normalized spacial score (nSPS) is 13.9. The molecule has 3 heterocycles. The fraction of sp³-hybridized carbons (Fsp3) is 0.355. The number of rotatable bonds is 10. The lowest BCUT2D eigenvalue weighted by Gasteiger charge is -2.23. The monoisotopic (exact) mass is 531 g/mol. The molecule has 0 atom stereocenters. The van der Waals surface area contributed by atoms with E-state index in [1.165, 1.54) is 13.2 Å². The van der Waals surface area contributed by atoms with E-state index in [-0.39, 0.29) is 11.5 Å². The van der Waals surface area contributed by atoms with E-state index in [2.05, 4.69) is 5.32 Å². The Hall–Kier alpha value is -3.91. The van der Waals surface area contributed by atoms with Crippen LogP contribution in [0.4, 0.5) is 10.1 Å². The average molecular weight is 532 g/mol. The highest BCUT2D eigenvalue weighted by Crippen LogP contribution is 2.33. The summed E-state index contributed by atoms with van der Waals surface area (Å²) in [5, 5.41) is 3.57. The van der Waals surface area contributed by atoms with Gasteiger partial charge in [0.1, 0.15) is 11.5 Å². The lowest BCUT2D eigenvalue weighted by atomic mass is 9.98. The van der Waals surface area contributed by atoms with Crippen molar-refractivity contribution in [2.75, 3.05) is 32.2 Å². The van der Waals surface area contributed by atoms with Crippen molar-refractivity contribution in [2.24, 2.45) is 5.92 Å². The van der Waals surface area contributed by atoms with Crippen LogP contribution in [0.15, 0.2) is 54.9 Å². The molecular weight excluding hydrogens is 497 g/mol. The van der Waals surface area contributed by atoms with Gasteiger partial charge >= 0.3 is 0 Å². The van der Waals surface area contributed by atoms with E-state index >= 15 is 0 Å². The van der Waals surface area contributed by atoms with Gasteiger partial charge in [0, 0.05) is 49.4 Å². The number of aromatic nitrogens is 2. The fourth-order valence-corrected chi connectivity index (χ4v) is 5.01. The first-order valence-corrected chi connectivity index (χ1v) is 13.4. The molecule has 0 radical (unpaired) electrons. The Bertz CT molecular complexity index is 1480. The molecule has 0 aliphatic carbocycles. The minimum Gasteiger partial charge on any atom is -0.494 e. The Balaban J connectivity index is 1.52. The van der Waals surface area contributed by atoms with Gasteiger partial charge in [0.05, 0.1) is 30.9 Å². The molecule has 4 aromatic rings. The van der Waals surface area contributed by atoms with Crippen molar-refractivity contribution in [1.29, 1.82) is 0 Å². The summed E-state index contributed by atoms with van der Waals surface area (Å²) in [6, 6.07) is 12.3. The average Bonchev–Trinajstić information content (AvgIpc) is 3.36. The highest BCUT2D eigenvalue weighted by Gasteiger charge is 2.18. The second-order valence-corrected chi connectivity index (χ2v) is 9.96. The number of nitrogens with zero attached hydrogens (tertiary/aromatic N) is 2. The summed E-state index contributed by atoms with van der Waals surface area (Å²) in [7, 11) is 1.43. The van der Waals surface area contributed by atoms with Crippen LogP contribution in [0.1, 0.15) is 48.5 Å². The maximum Gasteiger partial charge on any atom is 0.168 e. The van der Waals surface area contributed by atoms with Gasteiger partial charge < -0.3 is 19.5 Å². The summed E-state index contributed by atoms with van der Waals surface area (Å²) >= 11 is 0. The minimum atomic E-state index is -0.495. The van der Waals surface area contributed by atoms with Gasteiger partial charge in [0.25, 0.3) is 0 Å². The SMILES string of the molecule is CCCC(=O)c1ccc(-c2cnc3c(NCC4CCOCC4)cc(Oc4ccc(OC)c(F)c4)cn23)cc1C. The van der Waals surface area contributed by atoms with E-state index in [1.54, 1.807) is 12.1 Å². The van der Waals surface area contributed by atoms with Crippen molar-refractivity contribution in [3.63, 3.8) is 0 Å². The molecule has 1 saturated heterocycles. The highest BCUT2D eigenvalue weighted by atomic mass is 19.1. The first-order valence-electron chi connectivity index (χ1n) is 13.4. The van der Waals surface area contributed by atoms with E-state index < -0.39 is 5.82 Å². The fourth-order valence-electron chi connectivity index (χ4n) is 5.01. The highest BCUT2D eigenvalue weighted by molar-refractivity contribution is 5.98. The summed E-state index contributed by atoms with van der Waals surface area (Å²) in [6.45, 7) is 6.31.